The number of nitrogens with zero attached hydrogens (tertiary/aromatic N) is 2. The normalized spacial score (nSPS) is 21.5. The smallest absolute Gasteiger partial charge is 0.300 e. The topological polar surface area (TPSA) is 79.7 Å². The molecule has 2 atom stereocenters. The molecule has 2 unspecified atom stereocenters. The first-order valence-corrected chi connectivity index (χ1v) is 10.5. The fraction of sp³-hybridized carbons (Fsp3) is 0.192. The molecular formula is C26H22N2O4. The first kappa shape index (κ1) is 20.0. The van der Waals surface area contributed by atoms with Gasteiger partial charge in [0.2, 0.25) is 0 Å². The second-order valence-corrected chi connectivity index (χ2v) is 8.24. The molecule has 6 heteroatoms. The molecule has 1 aromatic heterocycles. The Hall–Kier alpha value is -3.93. The number of hydrogen-bond donors (Lipinski definition) is 1. The van der Waals surface area contributed by atoms with Crippen LogP contribution in [0.25, 0.3) is 5.76 Å². The van der Waals surface area contributed by atoms with Crippen molar-refractivity contribution in [1.82, 2.24) is 4.98 Å². The molecule has 0 spiro atoms. The number of aromatic nitrogens is 1. The quantitative estimate of drug-likeness (QED) is 0.383. The van der Waals surface area contributed by atoms with Gasteiger partial charge in [-0.15, -0.1) is 0 Å². The summed E-state index contributed by atoms with van der Waals surface area (Å²) < 4.78 is 5.75. The van der Waals surface area contributed by atoms with Crippen LogP contribution in [0.15, 0.2) is 72.6 Å². The summed E-state index contributed by atoms with van der Waals surface area (Å²) in [5.41, 5.74) is 3.78. The molecule has 32 heavy (non-hydrogen) atoms. The lowest BCUT2D eigenvalue weighted by Crippen LogP contribution is -2.29. The average Bonchev–Trinajstić information content (AvgIpc) is 3.29. The second kappa shape index (κ2) is 7.64. The van der Waals surface area contributed by atoms with Gasteiger partial charge in [-0.25, -0.2) is 0 Å². The summed E-state index contributed by atoms with van der Waals surface area (Å²) >= 11 is 0. The lowest BCUT2D eigenvalue weighted by Gasteiger charge is -2.25. The van der Waals surface area contributed by atoms with Crippen molar-refractivity contribution in [3.05, 3.63) is 94.8 Å². The highest BCUT2D eigenvalue weighted by Gasteiger charge is 2.47. The number of hydrogen-bond acceptors (Lipinski definition) is 5. The molecule has 3 aromatic rings. The van der Waals surface area contributed by atoms with Crippen molar-refractivity contribution < 1.29 is 19.4 Å². The number of aryl methyl sites for hydroxylation is 1. The summed E-state index contributed by atoms with van der Waals surface area (Å²) in [4.78, 5) is 31.9. The predicted molar refractivity (Wildman–Crippen MR) is 120 cm³/mol. The van der Waals surface area contributed by atoms with Crippen LogP contribution in [0.3, 0.4) is 0 Å². The molecule has 6 nitrogen and oxygen atoms in total. The van der Waals surface area contributed by atoms with Crippen LogP contribution in [-0.2, 0) is 16.0 Å². The van der Waals surface area contributed by atoms with E-state index in [9.17, 15) is 14.7 Å². The van der Waals surface area contributed by atoms with Crippen LogP contribution in [0.1, 0.15) is 35.2 Å². The summed E-state index contributed by atoms with van der Waals surface area (Å²) in [6.07, 6.45) is 4.01. The first-order valence-electron chi connectivity index (χ1n) is 10.5. The number of rotatable bonds is 3. The van der Waals surface area contributed by atoms with E-state index in [1.54, 1.807) is 42.7 Å². The Morgan fingerprint density at radius 3 is 2.62 bits per heavy atom. The number of ether oxygens (including phenoxy) is 1. The van der Waals surface area contributed by atoms with Crippen LogP contribution in [0.4, 0.5) is 5.69 Å². The lowest BCUT2D eigenvalue weighted by molar-refractivity contribution is -0.132. The minimum atomic E-state index is -0.761. The number of ketones is 1. The highest BCUT2D eigenvalue weighted by Crippen LogP contribution is 2.42. The number of aliphatic hydroxyl groups is 1. The molecule has 0 radical (unpaired) electrons. The standard InChI is InChI=1S/C26H22N2O4/c1-15-4-3-5-20(12-15)28-23(17-8-10-27-11-9-17)22(25(30)26(28)31)24(29)18-6-7-21-19(14-18)13-16(2)32-21/h3-12,14,16,23,29H,13H2,1-2H3/b24-22-. The van der Waals surface area contributed by atoms with Crippen LogP contribution in [0.2, 0.25) is 0 Å². The van der Waals surface area contributed by atoms with Crippen LogP contribution < -0.4 is 9.64 Å². The number of Topliss-reactive ketones (excluding diaryl/α,β-unsaturated/α-hetero) is 1. The van der Waals surface area contributed by atoms with Crippen LogP contribution in [-0.4, -0.2) is 27.9 Å². The third-order valence-corrected chi connectivity index (χ3v) is 5.92. The summed E-state index contributed by atoms with van der Waals surface area (Å²) in [6, 6.07) is 15.5. The van der Waals surface area contributed by atoms with Gasteiger partial charge in [-0.05, 0) is 73.0 Å². The van der Waals surface area contributed by atoms with Crippen molar-refractivity contribution in [2.45, 2.75) is 32.4 Å². The maximum atomic E-state index is 13.2. The van der Waals surface area contributed by atoms with Gasteiger partial charge in [0.05, 0.1) is 11.6 Å². The third-order valence-electron chi connectivity index (χ3n) is 5.92. The van der Waals surface area contributed by atoms with E-state index in [-0.39, 0.29) is 17.4 Å². The van der Waals surface area contributed by atoms with Gasteiger partial charge in [-0.3, -0.25) is 19.5 Å². The Morgan fingerprint density at radius 2 is 1.88 bits per heavy atom. The fourth-order valence-corrected chi connectivity index (χ4v) is 4.46. The van der Waals surface area contributed by atoms with E-state index in [0.717, 1.165) is 23.3 Å². The molecule has 1 fully saturated rings. The summed E-state index contributed by atoms with van der Waals surface area (Å²) in [5, 5.41) is 11.3. The molecule has 160 valence electrons. The number of amides is 1. The Balaban J connectivity index is 1.69. The summed E-state index contributed by atoms with van der Waals surface area (Å²) in [6.45, 7) is 3.91. The SMILES string of the molecule is Cc1cccc(N2C(=O)C(=O)/C(=C(\O)c3ccc4c(c3)CC(C)O4)C2c2ccncc2)c1. The van der Waals surface area contributed by atoms with E-state index in [1.165, 1.54) is 4.90 Å². The van der Waals surface area contributed by atoms with Crippen molar-refractivity contribution in [1.29, 1.82) is 0 Å². The number of carbonyl (C=O) groups excluding carboxylic acids is 2. The molecule has 1 amide bonds. The Kier molecular flexibility index (Phi) is 4.78. The van der Waals surface area contributed by atoms with E-state index >= 15 is 0 Å². The zero-order chi connectivity index (χ0) is 22.4. The van der Waals surface area contributed by atoms with Crippen LogP contribution >= 0.6 is 0 Å². The fourth-order valence-electron chi connectivity index (χ4n) is 4.46. The van der Waals surface area contributed by atoms with Gasteiger partial charge in [0.15, 0.2) is 0 Å². The monoisotopic (exact) mass is 426 g/mol. The Labute approximate surface area is 185 Å². The van der Waals surface area contributed by atoms with Crippen molar-refractivity contribution in [2.75, 3.05) is 4.90 Å². The Morgan fingerprint density at radius 1 is 1.09 bits per heavy atom. The van der Waals surface area contributed by atoms with Gasteiger partial charge in [0.1, 0.15) is 17.6 Å². The molecule has 0 bridgehead atoms. The minimum absolute atomic E-state index is 0.0612. The molecule has 5 rings (SSSR count). The summed E-state index contributed by atoms with van der Waals surface area (Å²) in [7, 11) is 0. The van der Waals surface area contributed by atoms with Crippen molar-refractivity contribution in [2.24, 2.45) is 0 Å². The maximum absolute atomic E-state index is 13.2. The zero-order valence-electron chi connectivity index (χ0n) is 17.8. The predicted octanol–water partition coefficient (Wildman–Crippen LogP) is 4.34. The van der Waals surface area contributed by atoms with Gasteiger partial charge < -0.3 is 9.84 Å². The second-order valence-electron chi connectivity index (χ2n) is 8.24. The number of pyridine rings is 1. The van der Waals surface area contributed by atoms with Crippen LogP contribution in [0, 0.1) is 6.92 Å². The van der Waals surface area contributed by atoms with Gasteiger partial charge in [-0.1, -0.05) is 12.1 Å². The molecule has 2 aliphatic heterocycles. The molecule has 2 aliphatic rings. The zero-order valence-corrected chi connectivity index (χ0v) is 17.8. The molecule has 1 N–H and O–H groups in total. The van der Waals surface area contributed by atoms with E-state index in [0.29, 0.717) is 16.8 Å². The molecular weight excluding hydrogens is 404 g/mol. The van der Waals surface area contributed by atoms with Crippen molar-refractivity contribution in [3.63, 3.8) is 0 Å². The van der Waals surface area contributed by atoms with E-state index in [2.05, 4.69) is 4.98 Å². The highest BCUT2D eigenvalue weighted by atomic mass is 16.5. The number of carbonyl (C=O) groups is 2. The van der Waals surface area contributed by atoms with Crippen LogP contribution in [0.5, 0.6) is 5.75 Å². The van der Waals surface area contributed by atoms with E-state index in [4.69, 9.17) is 4.74 Å². The van der Waals surface area contributed by atoms with Gasteiger partial charge in [0.25, 0.3) is 11.7 Å². The number of aliphatic hydroxyl groups excluding tert-OH is 1. The van der Waals surface area contributed by atoms with Gasteiger partial charge in [0, 0.05) is 30.1 Å². The molecule has 0 aliphatic carbocycles. The Bertz CT molecular complexity index is 1270. The highest BCUT2D eigenvalue weighted by molar-refractivity contribution is 6.51. The van der Waals surface area contributed by atoms with Gasteiger partial charge in [-0.2, -0.15) is 0 Å². The molecule has 3 heterocycles. The van der Waals surface area contributed by atoms with Gasteiger partial charge >= 0.3 is 0 Å². The molecule has 1 saturated heterocycles. The maximum Gasteiger partial charge on any atom is 0.300 e. The van der Waals surface area contributed by atoms with Crippen molar-refractivity contribution in [3.8, 4) is 5.75 Å². The minimum Gasteiger partial charge on any atom is -0.507 e. The largest absolute Gasteiger partial charge is 0.507 e. The molecule has 0 saturated carbocycles. The third kappa shape index (κ3) is 3.24. The number of benzene rings is 2. The van der Waals surface area contributed by atoms with E-state index in [1.807, 2.05) is 38.1 Å². The molecule has 2 aromatic carbocycles. The average molecular weight is 426 g/mol. The number of anilines is 1. The lowest BCUT2D eigenvalue weighted by atomic mass is 9.95. The van der Waals surface area contributed by atoms with E-state index < -0.39 is 17.7 Å². The van der Waals surface area contributed by atoms with Crippen molar-refractivity contribution >= 4 is 23.1 Å². The number of fused-ring (bicyclic) bond motifs is 1. The summed E-state index contributed by atoms with van der Waals surface area (Å²) in [5.74, 6) is -0.796. The first-order chi connectivity index (χ1) is 15.4.